The van der Waals surface area contributed by atoms with E-state index >= 15 is 0 Å². The van der Waals surface area contributed by atoms with Crippen LogP contribution in [0, 0.1) is 11.3 Å². The molecular formula is C24H30F2N2O3S. The van der Waals surface area contributed by atoms with Crippen LogP contribution in [-0.2, 0) is 21.5 Å². The number of nitrogens with one attached hydrogen (secondary N) is 1. The van der Waals surface area contributed by atoms with Crippen LogP contribution in [0.2, 0.25) is 0 Å². The Balaban J connectivity index is 1.53. The summed E-state index contributed by atoms with van der Waals surface area (Å²) in [6.07, 6.45) is 4.31. The van der Waals surface area contributed by atoms with Gasteiger partial charge in [0.15, 0.2) is 10.7 Å². The highest BCUT2D eigenvalue weighted by atomic mass is 32.1. The quantitative estimate of drug-likeness (QED) is 0.663. The molecule has 32 heavy (non-hydrogen) atoms. The lowest BCUT2D eigenvalue weighted by Crippen LogP contribution is -2.57. The molecule has 1 heterocycles. The summed E-state index contributed by atoms with van der Waals surface area (Å²) in [5, 5.41) is 3.92. The van der Waals surface area contributed by atoms with E-state index in [0.717, 1.165) is 43.2 Å². The summed E-state index contributed by atoms with van der Waals surface area (Å²) in [7, 11) is 1.74. The molecule has 8 heteroatoms. The minimum absolute atomic E-state index is 0.0157. The van der Waals surface area contributed by atoms with Gasteiger partial charge >= 0.3 is 0 Å². The lowest BCUT2D eigenvalue weighted by molar-refractivity contribution is -0.139. The molecule has 174 valence electrons. The predicted molar refractivity (Wildman–Crippen MR) is 120 cm³/mol. The third-order valence-electron chi connectivity index (χ3n) is 8.01. The van der Waals surface area contributed by atoms with E-state index in [4.69, 9.17) is 21.7 Å². The highest BCUT2D eigenvalue weighted by Gasteiger charge is 2.67. The van der Waals surface area contributed by atoms with Crippen molar-refractivity contribution in [3.8, 4) is 5.75 Å². The molecule has 1 aliphatic heterocycles. The summed E-state index contributed by atoms with van der Waals surface area (Å²) >= 11 is 5.64. The summed E-state index contributed by atoms with van der Waals surface area (Å²) in [5.41, 5.74) is 0.714. The fourth-order valence-corrected chi connectivity index (χ4v) is 6.51. The number of thiocarbonyl (C=S) groups is 1. The smallest absolute Gasteiger partial charge is 0.259 e. The Morgan fingerprint density at radius 3 is 2.53 bits per heavy atom. The van der Waals surface area contributed by atoms with Crippen LogP contribution < -0.4 is 10.1 Å². The molecule has 1 aromatic rings. The van der Waals surface area contributed by atoms with E-state index in [-0.39, 0.29) is 36.5 Å². The van der Waals surface area contributed by atoms with E-state index in [2.05, 4.69) is 5.32 Å². The predicted octanol–water partition coefficient (Wildman–Crippen LogP) is 4.17. The van der Waals surface area contributed by atoms with Crippen molar-refractivity contribution in [2.24, 2.45) is 11.3 Å². The molecular weight excluding hydrogens is 434 g/mol. The molecule has 3 fully saturated rings. The molecule has 2 saturated carbocycles. The molecule has 5 nitrogen and oxygen atoms in total. The van der Waals surface area contributed by atoms with Crippen LogP contribution in [0.4, 0.5) is 8.78 Å². The lowest BCUT2D eigenvalue weighted by atomic mass is 9.61. The number of amides is 1. The van der Waals surface area contributed by atoms with E-state index in [1.54, 1.807) is 12.0 Å². The number of alkyl halides is 2. The molecule has 0 aromatic heterocycles. The van der Waals surface area contributed by atoms with E-state index < -0.39 is 17.4 Å². The highest BCUT2D eigenvalue weighted by molar-refractivity contribution is 7.80. The molecule has 1 N–H and O–H groups in total. The number of ether oxygens (including phenoxy) is 2. The second-order valence-corrected chi connectivity index (χ2v) is 10.5. The monoisotopic (exact) mass is 464 g/mol. The van der Waals surface area contributed by atoms with E-state index in [0.29, 0.717) is 10.9 Å². The number of nitrogens with zero attached hydrogens (tertiary/aromatic N) is 1. The number of rotatable bonds is 5. The average molecular weight is 465 g/mol. The number of carbonyl (C=O) groups is 1. The van der Waals surface area contributed by atoms with E-state index in [1.165, 1.54) is 0 Å². The van der Waals surface area contributed by atoms with Gasteiger partial charge in [-0.3, -0.25) is 9.69 Å². The zero-order chi connectivity index (χ0) is 22.9. The maximum atomic E-state index is 14.0. The second kappa shape index (κ2) is 7.35. The van der Waals surface area contributed by atoms with Crippen molar-refractivity contribution < 1.29 is 23.0 Å². The van der Waals surface area contributed by atoms with Crippen LogP contribution in [0.3, 0.4) is 0 Å². The first-order valence-corrected chi connectivity index (χ1v) is 11.9. The first kappa shape index (κ1) is 22.0. The van der Waals surface area contributed by atoms with Crippen LogP contribution in [0.5, 0.6) is 5.75 Å². The minimum atomic E-state index is -2.62. The number of hydrogen-bond donors (Lipinski definition) is 1. The Hall–Kier alpha value is -1.80. The van der Waals surface area contributed by atoms with Gasteiger partial charge in [-0.1, -0.05) is 6.07 Å². The van der Waals surface area contributed by atoms with Crippen molar-refractivity contribution >= 4 is 23.2 Å². The van der Waals surface area contributed by atoms with Crippen molar-refractivity contribution in [1.29, 1.82) is 0 Å². The van der Waals surface area contributed by atoms with Crippen LogP contribution in [0.1, 0.15) is 57.1 Å². The molecule has 5 rings (SSSR count). The molecule has 4 aliphatic rings. The molecule has 0 radical (unpaired) electrons. The fraction of sp³-hybridized carbons (Fsp3) is 0.667. The van der Waals surface area contributed by atoms with Crippen LogP contribution in [0.25, 0.3) is 0 Å². The van der Waals surface area contributed by atoms with Crippen molar-refractivity contribution in [2.45, 2.75) is 76.0 Å². The fourth-order valence-electron chi connectivity index (χ4n) is 6.07. The number of methoxy groups -OCH3 is 1. The first-order chi connectivity index (χ1) is 15.1. The van der Waals surface area contributed by atoms with Gasteiger partial charge in [0.25, 0.3) is 11.8 Å². The highest BCUT2D eigenvalue weighted by Crippen LogP contribution is 2.60. The Morgan fingerprint density at radius 2 is 1.97 bits per heavy atom. The maximum absolute atomic E-state index is 14.0. The van der Waals surface area contributed by atoms with Gasteiger partial charge in [0.1, 0.15) is 5.75 Å². The lowest BCUT2D eigenvalue weighted by Gasteiger charge is -2.46. The van der Waals surface area contributed by atoms with Gasteiger partial charge < -0.3 is 14.8 Å². The van der Waals surface area contributed by atoms with Gasteiger partial charge in [-0.2, -0.15) is 0 Å². The standard InChI is InChI=1S/C24H30F2N2O3S/c1-14(2)28-20(29)24(27-21(28)32)19-10-18(31-13-16-12-23(16,25)26)5-4-15(19)11-22(24)8-6-17(30-3)7-9-22/h4-5,10,14,16-17H,6-9,11-13H2,1-3H3,(H,27,32). The average Bonchev–Trinajstić information content (AvgIpc) is 3.14. The summed E-state index contributed by atoms with van der Waals surface area (Å²) in [6.45, 7) is 3.91. The van der Waals surface area contributed by atoms with Crippen molar-refractivity contribution in [2.75, 3.05) is 13.7 Å². The largest absolute Gasteiger partial charge is 0.493 e. The van der Waals surface area contributed by atoms with Gasteiger partial charge in [-0.15, -0.1) is 0 Å². The topological polar surface area (TPSA) is 50.8 Å². The van der Waals surface area contributed by atoms with Crippen LogP contribution >= 0.6 is 12.2 Å². The molecule has 1 amide bonds. The van der Waals surface area contributed by atoms with Crippen LogP contribution in [0.15, 0.2) is 18.2 Å². The third kappa shape index (κ3) is 3.09. The molecule has 0 bridgehead atoms. The number of hydrogen-bond acceptors (Lipinski definition) is 4. The number of benzene rings is 1. The number of halogens is 2. The Labute approximate surface area is 192 Å². The molecule has 2 unspecified atom stereocenters. The van der Waals surface area contributed by atoms with Gasteiger partial charge in [-0.05, 0) is 81.4 Å². The molecule has 2 spiro atoms. The third-order valence-corrected chi connectivity index (χ3v) is 8.31. The Kier molecular flexibility index (Phi) is 5.06. The zero-order valence-corrected chi connectivity index (χ0v) is 19.6. The normalized spacial score (nSPS) is 35.0. The summed E-state index contributed by atoms with van der Waals surface area (Å²) in [6, 6.07) is 5.65. The molecule has 3 aliphatic carbocycles. The second-order valence-electron chi connectivity index (χ2n) is 10.1. The van der Waals surface area contributed by atoms with Crippen LogP contribution in [-0.4, -0.2) is 47.7 Å². The van der Waals surface area contributed by atoms with Crippen molar-refractivity contribution in [1.82, 2.24) is 10.2 Å². The van der Waals surface area contributed by atoms with Crippen molar-refractivity contribution in [3.05, 3.63) is 29.3 Å². The molecule has 2 atom stereocenters. The molecule has 1 saturated heterocycles. The van der Waals surface area contributed by atoms with Gasteiger partial charge in [0.2, 0.25) is 0 Å². The van der Waals surface area contributed by atoms with Gasteiger partial charge in [-0.25, -0.2) is 8.78 Å². The van der Waals surface area contributed by atoms with E-state index in [1.807, 2.05) is 32.0 Å². The number of fused-ring (bicyclic) bond motifs is 3. The Morgan fingerprint density at radius 1 is 1.28 bits per heavy atom. The molecule has 1 aromatic carbocycles. The first-order valence-electron chi connectivity index (χ1n) is 11.5. The number of carbonyl (C=O) groups excluding carboxylic acids is 1. The Bertz CT molecular complexity index is 961. The minimum Gasteiger partial charge on any atom is -0.493 e. The van der Waals surface area contributed by atoms with Gasteiger partial charge in [0.05, 0.1) is 18.6 Å². The summed E-state index contributed by atoms with van der Waals surface area (Å²) < 4.78 is 38.0. The summed E-state index contributed by atoms with van der Waals surface area (Å²) in [5.74, 6) is -2.83. The maximum Gasteiger partial charge on any atom is 0.259 e. The zero-order valence-electron chi connectivity index (χ0n) is 18.7. The van der Waals surface area contributed by atoms with Gasteiger partial charge in [0, 0.05) is 25.0 Å². The summed E-state index contributed by atoms with van der Waals surface area (Å²) in [4.78, 5) is 15.7. The van der Waals surface area contributed by atoms with E-state index in [9.17, 15) is 13.6 Å². The SMILES string of the molecule is COC1CCC2(CC1)Cc1ccc(OCC3CC3(F)F)cc1C21NC(=S)N(C(C)C)C1=O. The van der Waals surface area contributed by atoms with Crippen molar-refractivity contribution in [3.63, 3.8) is 0 Å².